The summed E-state index contributed by atoms with van der Waals surface area (Å²) < 4.78 is 7.62. The molecule has 2 fully saturated rings. The molecule has 2 unspecified atom stereocenters. The molecule has 2 aliphatic heterocycles. The molecule has 1 aromatic heterocycles. The quantitative estimate of drug-likeness (QED) is 0.848. The number of amides is 2. The molecule has 0 spiro atoms. The normalized spacial score (nSPS) is 27.2. The second-order valence-corrected chi connectivity index (χ2v) is 6.82. The molecule has 0 radical (unpaired) electrons. The largest absolute Gasteiger partial charge is 0.372 e. The fraction of sp³-hybridized carbons (Fsp3) is 0.800. The Morgan fingerprint density at radius 2 is 2.39 bits per heavy atom. The molecule has 0 bridgehead atoms. The maximum absolute atomic E-state index is 12.4. The van der Waals surface area contributed by atoms with Crippen molar-refractivity contribution < 1.29 is 9.53 Å². The van der Waals surface area contributed by atoms with E-state index >= 15 is 0 Å². The summed E-state index contributed by atoms with van der Waals surface area (Å²) >= 11 is 0. The van der Waals surface area contributed by atoms with E-state index in [1.807, 2.05) is 36.5 Å². The first-order valence-electron chi connectivity index (χ1n) is 8.27. The molecule has 2 N–H and O–H groups in total. The molecule has 2 aliphatic rings. The van der Waals surface area contributed by atoms with Crippen LogP contribution in [0.25, 0.3) is 0 Å². The third-order valence-corrected chi connectivity index (χ3v) is 4.93. The van der Waals surface area contributed by atoms with Crippen molar-refractivity contribution in [2.24, 2.45) is 0 Å². The number of hydrogen-bond acceptors (Lipinski definition) is 5. The highest BCUT2D eigenvalue weighted by Crippen LogP contribution is 2.24. The SMILES string of the molecule is CC1N(C(=O)NCc2cn(C3CCNC3)nn2)CCOC1(C)C. The van der Waals surface area contributed by atoms with Gasteiger partial charge in [-0.15, -0.1) is 5.10 Å². The predicted octanol–water partition coefficient (Wildman–Crippen LogP) is 0.521. The van der Waals surface area contributed by atoms with Gasteiger partial charge in [-0.05, 0) is 33.7 Å². The fourth-order valence-corrected chi connectivity index (χ4v) is 3.08. The molecule has 8 heteroatoms. The van der Waals surface area contributed by atoms with E-state index in [-0.39, 0.29) is 17.7 Å². The van der Waals surface area contributed by atoms with Gasteiger partial charge in [-0.3, -0.25) is 0 Å². The first kappa shape index (κ1) is 16.2. The standard InChI is InChI=1S/C15H26N6O2/c1-11-15(2,3)23-7-6-20(11)14(22)17-8-12-10-21(19-18-12)13-4-5-16-9-13/h10-11,13,16H,4-9H2,1-3H3,(H,17,22). The van der Waals surface area contributed by atoms with Crippen molar-refractivity contribution in [1.29, 1.82) is 0 Å². The monoisotopic (exact) mass is 322 g/mol. The van der Waals surface area contributed by atoms with Crippen LogP contribution in [-0.4, -0.2) is 63.8 Å². The van der Waals surface area contributed by atoms with Gasteiger partial charge >= 0.3 is 6.03 Å². The number of hydrogen-bond donors (Lipinski definition) is 2. The maximum Gasteiger partial charge on any atom is 0.318 e. The average molecular weight is 322 g/mol. The number of nitrogens with zero attached hydrogens (tertiary/aromatic N) is 4. The number of rotatable bonds is 3. The van der Waals surface area contributed by atoms with Gasteiger partial charge in [-0.25, -0.2) is 9.48 Å². The van der Waals surface area contributed by atoms with Crippen LogP contribution < -0.4 is 10.6 Å². The van der Waals surface area contributed by atoms with Gasteiger partial charge in [0.1, 0.15) is 5.69 Å². The molecule has 0 saturated carbocycles. The van der Waals surface area contributed by atoms with Gasteiger partial charge in [0.15, 0.2) is 0 Å². The Balaban J connectivity index is 1.54. The minimum absolute atomic E-state index is 0.0245. The summed E-state index contributed by atoms with van der Waals surface area (Å²) in [4.78, 5) is 14.3. The van der Waals surface area contributed by atoms with Crippen LogP contribution in [0.5, 0.6) is 0 Å². The maximum atomic E-state index is 12.4. The van der Waals surface area contributed by atoms with Crippen LogP contribution in [0.15, 0.2) is 6.20 Å². The van der Waals surface area contributed by atoms with Gasteiger partial charge in [0, 0.05) is 13.1 Å². The minimum Gasteiger partial charge on any atom is -0.372 e. The van der Waals surface area contributed by atoms with E-state index in [1.165, 1.54) is 0 Å². The molecule has 2 saturated heterocycles. The van der Waals surface area contributed by atoms with Gasteiger partial charge < -0.3 is 20.3 Å². The third kappa shape index (κ3) is 3.48. The molecule has 2 atom stereocenters. The van der Waals surface area contributed by atoms with Gasteiger partial charge in [0.2, 0.25) is 0 Å². The van der Waals surface area contributed by atoms with Crippen molar-refractivity contribution in [1.82, 2.24) is 30.5 Å². The number of carbonyl (C=O) groups is 1. The van der Waals surface area contributed by atoms with E-state index in [9.17, 15) is 4.79 Å². The number of aromatic nitrogens is 3. The molecule has 1 aromatic rings. The highest BCUT2D eigenvalue weighted by atomic mass is 16.5. The van der Waals surface area contributed by atoms with E-state index < -0.39 is 0 Å². The summed E-state index contributed by atoms with van der Waals surface area (Å²) in [6, 6.07) is 0.314. The van der Waals surface area contributed by atoms with Crippen molar-refractivity contribution in [3.8, 4) is 0 Å². The van der Waals surface area contributed by atoms with Crippen molar-refractivity contribution in [2.45, 2.75) is 51.4 Å². The third-order valence-electron chi connectivity index (χ3n) is 4.93. The lowest BCUT2D eigenvalue weighted by Gasteiger charge is -2.44. The number of carbonyl (C=O) groups excluding carboxylic acids is 1. The van der Waals surface area contributed by atoms with Crippen LogP contribution >= 0.6 is 0 Å². The van der Waals surface area contributed by atoms with Crippen LogP contribution in [0, 0.1) is 0 Å². The molecule has 8 nitrogen and oxygen atoms in total. The lowest BCUT2D eigenvalue weighted by Crippen LogP contribution is -2.59. The number of morpholine rings is 1. The first-order valence-corrected chi connectivity index (χ1v) is 8.27. The molecule has 2 amide bonds. The van der Waals surface area contributed by atoms with Crippen LogP contribution in [0.1, 0.15) is 38.9 Å². The summed E-state index contributed by atoms with van der Waals surface area (Å²) in [5.41, 5.74) is 0.458. The van der Waals surface area contributed by atoms with Crippen LogP contribution in [0.4, 0.5) is 4.79 Å². The van der Waals surface area contributed by atoms with Crippen molar-refractivity contribution >= 4 is 6.03 Å². The lowest BCUT2D eigenvalue weighted by atomic mass is 9.97. The van der Waals surface area contributed by atoms with E-state index in [4.69, 9.17) is 4.74 Å². The molecule has 0 aromatic carbocycles. The highest BCUT2D eigenvalue weighted by molar-refractivity contribution is 5.74. The van der Waals surface area contributed by atoms with Crippen molar-refractivity contribution in [3.05, 3.63) is 11.9 Å². The summed E-state index contributed by atoms with van der Waals surface area (Å²) in [5, 5.41) is 14.6. The Labute approximate surface area is 136 Å². The molecular weight excluding hydrogens is 296 g/mol. The predicted molar refractivity (Wildman–Crippen MR) is 85.0 cm³/mol. The van der Waals surface area contributed by atoms with Crippen LogP contribution in [-0.2, 0) is 11.3 Å². The molecule has 23 heavy (non-hydrogen) atoms. The van der Waals surface area contributed by atoms with Crippen molar-refractivity contribution in [2.75, 3.05) is 26.2 Å². The minimum atomic E-state index is -0.325. The van der Waals surface area contributed by atoms with Gasteiger partial charge in [-0.1, -0.05) is 5.21 Å². The first-order chi connectivity index (χ1) is 11.0. The van der Waals surface area contributed by atoms with E-state index in [1.54, 1.807) is 0 Å². The summed E-state index contributed by atoms with van der Waals surface area (Å²) in [5.74, 6) is 0. The number of ether oxygens (including phenoxy) is 1. The Kier molecular flexibility index (Phi) is 4.54. The molecule has 3 rings (SSSR count). The second-order valence-electron chi connectivity index (χ2n) is 6.82. The smallest absolute Gasteiger partial charge is 0.318 e. The molecule has 3 heterocycles. The number of urea groups is 1. The Morgan fingerprint density at radius 1 is 1.57 bits per heavy atom. The zero-order valence-corrected chi connectivity index (χ0v) is 14.1. The van der Waals surface area contributed by atoms with Crippen LogP contribution in [0.2, 0.25) is 0 Å². The molecule has 128 valence electrons. The Bertz CT molecular complexity index is 552. The zero-order chi connectivity index (χ0) is 16.4. The van der Waals surface area contributed by atoms with E-state index in [2.05, 4.69) is 20.9 Å². The molecule has 0 aliphatic carbocycles. The second kappa shape index (κ2) is 6.45. The summed E-state index contributed by atoms with van der Waals surface area (Å²) in [7, 11) is 0. The lowest BCUT2D eigenvalue weighted by molar-refractivity contribution is -0.106. The molecular formula is C15H26N6O2. The van der Waals surface area contributed by atoms with Crippen molar-refractivity contribution in [3.63, 3.8) is 0 Å². The van der Waals surface area contributed by atoms with Gasteiger partial charge in [0.25, 0.3) is 0 Å². The van der Waals surface area contributed by atoms with E-state index in [0.29, 0.717) is 25.7 Å². The Morgan fingerprint density at radius 3 is 3.13 bits per heavy atom. The Hall–Kier alpha value is -1.67. The summed E-state index contributed by atoms with van der Waals surface area (Å²) in [6.07, 6.45) is 2.99. The fourth-order valence-electron chi connectivity index (χ4n) is 3.08. The van der Waals surface area contributed by atoms with Crippen LogP contribution in [0.3, 0.4) is 0 Å². The van der Waals surface area contributed by atoms with Gasteiger partial charge in [0.05, 0.1) is 37.0 Å². The zero-order valence-electron chi connectivity index (χ0n) is 14.1. The highest BCUT2D eigenvalue weighted by Gasteiger charge is 2.37. The van der Waals surface area contributed by atoms with Gasteiger partial charge in [-0.2, -0.15) is 0 Å². The van der Waals surface area contributed by atoms with E-state index in [0.717, 1.165) is 25.2 Å². The summed E-state index contributed by atoms with van der Waals surface area (Å²) in [6.45, 7) is 9.55. The number of nitrogens with one attached hydrogen (secondary N) is 2. The average Bonchev–Trinajstić information content (AvgIpc) is 3.18. The topological polar surface area (TPSA) is 84.3 Å².